The molecule has 16 heavy (non-hydrogen) atoms. The maximum Gasteiger partial charge on any atom is 0.0376 e. The lowest BCUT2D eigenvalue weighted by atomic mass is 9.94. The minimum Gasteiger partial charge on any atom is -0.385 e. The van der Waals surface area contributed by atoms with Crippen LogP contribution in [0.3, 0.4) is 0 Å². The Bertz CT molecular complexity index is 333. The first-order chi connectivity index (χ1) is 7.77. The number of anilines is 1. The predicted octanol–water partition coefficient (Wildman–Crippen LogP) is 2.97. The van der Waals surface area contributed by atoms with Crippen LogP contribution in [-0.2, 0) is 0 Å². The molecule has 0 amide bonds. The van der Waals surface area contributed by atoms with Gasteiger partial charge >= 0.3 is 0 Å². The Balaban J connectivity index is 2.12. The normalized spacial score (nSPS) is 20.1. The standard InChI is InChI=1S/C14H22N2/c1-11(2)16-10-12-6-5-9-15-14-8-4-3-7-13(12)14/h3-4,7-8,11-12,15-16H,5-6,9-10H2,1-2H3. The minimum atomic E-state index is 0.573. The Labute approximate surface area is 98.4 Å². The van der Waals surface area contributed by atoms with Gasteiger partial charge in [-0.25, -0.2) is 0 Å². The van der Waals surface area contributed by atoms with E-state index in [0.717, 1.165) is 13.1 Å². The van der Waals surface area contributed by atoms with Gasteiger partial charge in [0, 0.05) is 24.8 Å². The highest BCUT2D eigenvalue weighted by molar-refractivity contribution is 5.53. The molecule has 1 aromatic carbocycles. The summed E-state index contributed by atoms with van der Waals surface area (Å²) >= 11 is 0. The van der Waals surface area contributed by atoms with Crippen molar-refractivity contribution in [3.63, 3.8) is 0 Å². The van der Waals surface area contributed by atoms with Crippen LogP contribution in [0.25, 0.3) is 0 Å². The first-order valence-corrected chi connectivity index (χ1v) is 6.33. The number of nitrogens with one attached hydrogen (secondary N) is 2. The van der Waals surface area contributed by atoms with Crippen LogP contribution >= 0.6 is 0 Å². The van der Waals surface area contributed by atoms with Gasteiger partial charge in [-0.2, -0.15) is 0 Å². The van der Waals surface area contributed by atoms with Gasteiger partial charge in [0.2, 0.25) is 0 Å². The zero-order chi connectivity index (χ0) is 11.4. The first-order valence-electron chi connectivity index (χ1n) is 6.33. The summed E-state index contributed by atoms with van der Waals surface area (Å²) in [7, 11) is 0. The van der Waals surface area contributed by atoms with Crippen LogP contribution in [0.15, 0.2) is 24.3 Å². The molecule has 0 aliphatic carbocycles. The molecule has 1 atom stereocenters. The second-order valence-electron chi connectivity index (χ2n) is 4.92. The van der Waals surface area contributed by atoms with Crippen molar-refractivity contribution in [3.05, 3.63) is 29.8 Å². The molecule has 0 radical (unpaired) electrons. The van der Waals surface area contributed by atoms with Crippen LogP contribution in [0.2, 0.25) is 0 Å². The van der Waals surface area contributed by atoms with E-state index in [1.54, 1.807) is 0 Å². The van der Waals surface area contributed by atoms with Crippen molar-refractivity contribution in [2.45, 2.75) is 38.6 Å². The summed E-state index contributed by atoms with van der Waals surface area (Å²) < 4.78 is 0. The number of hydrogen-bond acceptors (Lipinski definition) is 2. The molecular formula is C14H22N2. The molecule has 1 unspecified atom stereocenters. The molecule has 2 N–H and O–H groups in total. The number of benzene rings is 1. The molecular weight excluding hydrogens is 196 g/mol. The molecule has 1 aromatic rings. The second kappa shape index (κ2) is 5.35. The predicted molar refractivity (Wildman–Crippen MR) is 70.0 cm³/mol. The summed E-state index contributed by atoms with van der Waals surface area (Å²) in [6.07, 6.45) is 2.54. The molecule has 0 aromatic heterocycles. The van der Waals surface area contributed by atoms with Gasteiger partial charge in [-0.15, -0.1) is 0 Å². The molecule has 1 heterocycles. The first kappa shape index (κ1) is 11.5. The fraction of sp³-hybridized carbons (Fsp3) is 0.571. The van der Waals surface area contributed by atoms with E-state index in [4.69, 9.17) is 0 Å². The number of hydrogen-bond donors (Lipinski definition) is 2. The van der Waals surface area contributed by atoms with Crippen LogP contribution in [0.5, 0.6) is 0 Å². The van der Waals surface area contributed by atoms with E-state index in [-0.39, 0.29) is 0 Å². The molecule has 0 spiro atoms. The van der Waals surface area contributed by atoms with Crippen molar-refractivity contribution in [1.29, 1.82) is 0 Å². The van der Waals surface area contributed by atoms with Gasteiger partial charge < -0.3 is 10.6 Å². The molecule has 0 saturated carbocycles. The maximum atomic E-state index is 3.56. The highest BCUT2D eigenvalue weighted by Crippen LogP contribution is 2.30. The third-order valence-electron chi connectivity index (χ3n) is 3.22. The van der Waals surface area contributed by atoms with E-state index in [9.17, 15) is 0 Å². The number of para-hydroxylation sites is 1. The molecule has 1 aliphatic rings. The van der Waals surface area contributed by atoms with Crippen LogP contribution in [0.1, 0.15) is 38.2 Å². The smallest absolute Gasteiger partial charge is 0.0376 e. The summed E-state index contributed by atoms with van der Waals surface area (Å²) in [6, 6.07) is 9.30. The third-order valence-corrected chi connectivity index (χ3v) is 3.22. The van der Waals surface area contributed by atoms with Gasteiger partial charge in [-0.1, -0.05) is 32.0 Å². The van der Waals surface area contributed by atoms with Gasteiger partial charge in [-0.3, -0.25) is 0 Å². The zero-order valence-corrected chi connectivity index (χ0v) is 10.3. The Kier molecular flexibility index (Phi) is 3.83. The van der Waals surface area contributed by atoms with Crippen molar-refractivity contribution >= 4 is 5.69 Å². The third kappa shape index (κ3) is 2.76. The fourth-order valence-corrected chi connectivity index (χ4v) is 2.33. The van der Waals surface area contributed by atoms with Crippen LogP contribution in [-0.4, -0.2) is 19.1 Å². The second-order valence-corrected chi connectivity index (χ2v) is 4.92. The summed E-state index contributed by atoms with van der Waals surface area (Å²) in [4.78, 5) is 0. The fourth-order valence-electron chi connectivity index (χ4n) is 2.33. The van der Waals surface area contributed by atoms with Gasteiger partial charge in [-0.05, 0) is 30.4 Å². The number of rotatable bonds is 3. The molecule has 2 nitrogen and oxygen atoms in total. The van der Waals surface area contributed by atoms with Gasteiger partial charge in [0.1, 0.15) is 0 Å². The Morgan fingerprint density at radius 2 is 2.19 bits per heavy atom. The van der Waals surface area contributed by atoms with Crippen LogP contribution < -0.4 is 10.6 Å². The van der Waals surface area contributed by atoms with E-state index in [1.807, 2.05) is 0 Å². The van der Waals surface area contributed by atoms with Crippen molar-refractivity contribution < 1.29 is 0 Å². The summed E-state index contributed by atoms with van der Waals surface area (Å²) in [6.45, 7) is 6.62. The van der Waals surface area contributed by atoms with Crippen LogP contribution in [0.4, 0.5) is 5.69 Å². The Morgan fingerprint density at radius 1 is 1.38 bits per heavy atom. The van der Waals surface area contributed by atoms with Gasteiger partial charge in [0.25, 0.3) is 0 Å². The van der Waals surface area contributed by atoms with E-state index >= 15 is 0 Å². The average Bonchev–Trinajstić information content (AvgIpc) is 2.48. The molecule has 0 bridgehead atoms. The van der Waals surface area contributed by atoms with E-state index in [0.29, 0.717) is 12.0 Å². The van der Waals surface area contributed by atoms with Gasteiger partial charge in [0.05, 0.1) is 0 Å². The van der Waals surface area contributed by atoms with Crippen molar-refractivity contribution in [2.24, 2.45) is 0 Å². The van der Waals surface area contributed by atoms with E-state index in [2.05, 4.69) is 48.7 Å². The Hall–Kier alpha value is -1.02. The lowest BCUT2D eigenvalue weighted by Crippen LogP contribution is -2.27. The monoisotopic (exact) mass is 218 g/mol. The summed E-state index contributed by atoms with van der Waals surface area (Å²) in [5, 5.41) is 7.07. The SMILES string of the molecule is CC(C)NCC1CCCNc2ccccc21. The van der Waals surface area contributed by atoms with Crippen molar-refractivity contribution in [3.8, 4) is 0 Å². The minimum absolute atomic E-state index is 0.573. The maximum absolute atomic E-state index is 3.56. The highest BCUT2D eigenvalue weighted by atomic mass is 14.9. The Morgan fingerprint density at radius 3 is 3.00 bits per heavy atom. The summed E-state index contributed by atoms with van der Waals surface area (Å²) in [5.74, 6) is 0.661. The van der Waals surface area contributed by atoms with Crippen LogP contribution in [0, 0.1) is 0 Å². The molecule has 88 valence electrons. The molecule has 0 fully saturated rings. The zero-order valence-electron chi connectivity index (χ0n) is 10.3. The van der Waals surface area contributed by atoms with E-state index in [1.165, 1.54) is 24.1 Å². The van der Waals surface area contributed by atoms with E-state index < -0.39 is 0 Å². The molecule has 0 saturated heterocycles. The molecule has 2 rings (SSSR count). The number of fused-ring (bicyclic) bond motifs is 1. The summed E-state index contributed by atoms with van der Waals surface area (Å²) in [5.41, 5.74) is 2.81. The lowest BCUT2D eigenvalue weighted by Gasteiger charge is -2.19. The quantitative estimate of drug-likeness (QED) is 0.815. The van der Waals surface area contributed by atoms with Gasteiger partial charge in [0.15, 0.2) is 0 Å². The largest absolute Gasteiger partial charge is 0.385 e. The average molecular weight is 218 g/mol. The molecule has 1 aliphatic heterocycles. The highest BCUT2D eigenvalue weighted by Gasteiger charge is 2.17. The molecule has 2 heteroatoms. The van der Waals surface area contributed by atoms with Crippen molar-refractivity contribution in [1.82, 2.24) is 5.32 Å². The lowest BCUT2D eigenvalue weighted by molar-refractivity contribution is 0.507. The topological polar surface area (TPSA) is 24.1 Å². The van der Waals surface area contributed by atoms with Crippen molar-refractivity contribution in [2.75, 3.05) is 18.4 Å².